The summed E-state index contributed by atoms with van der Waals surface area (Å²) in [6, 6.07) is 6.01. The van der Waals surface area contributed by atoms with Crippen LogP contribution >= 0.6 is 0 Å². The molecule has 1 aliphatic carbocycles. The molecule has 2 N–H and O–H groups in total. The molecular weight excluding hydrogens is 228 g/mol. The number of para-hydroxylation sites is 1. The molecule has 18 heavy (non-hydrogen) atoms. The van der Waals surface area contributed by atoms with Crippen molar-refractivity contribution in [2.24, 2.45) is 0 Å². The van der Waals surface area contributed by atoms with Crippen molar-refractivity contribution in [2.75, 3.05) is 18.5 Å². The molecule has 0 unspecified atom stereocenters. The van der Waals surface area contributed by atoms with E-state index in [4.69, 9.17) is 4.74 Å². The highest BCUT2D eigenvalue weighted by atomic mass is 16.5. The minimum absolute atomic E-state index is 0.0116. The Morgan fingerprint density at radius 2 is 2.17 bits per heavy atom. The van der Waals surface area contributed by atoms with Gasteiger partial charge in [-0.1, -0.05) is 18.9 Å². The van der Waals surface area contributed by atoms with Gasteiger partial charge in [-0.05, 0) is 25.0 Å². The van der Waals surface area contributed by atoms with Crippen molar-refractivity contribution in [3.8, 4) is 5.75 Å². The molecule has 0 saturated heterocycles. The average molecular weight is 246 g/mol. The lowest BCUT2D eigenvalue weighted by Crippen LogP contribution is -2.33. The third-order valence-electron chi connectivity index (χ3n) is 3.61. The predicted molar refractivity (Wildman–Crippen MR) is 70.1 cm³/mol. The highest BCUT2D eigenvalue weighted by molar-refractivity contribution is 5.99. The third-order valence-corrected chi connectivity index (χ3v) is 3.61. The van der Waals surface area contributed by atoms with Crippen molar-refractivity contribution in [2.45, 2.75) is 31.7 Å². The SMILES string of the molecule is O=C(NC1CCCC1)c1cccc2c1OCCN2. The number of nitrogens with one attached hydrogen (secondary N) is 2. The number of anilines is 1. The molecule has 1 amide bonds. The molecule has 1 aromatic rings. The Hall–Kier alpha value is -1.71. The second kappa shape index (κ2) is 4.88. The highest BCUT2D eigenvalue weighted by Gasteiger charge is 2.22. The zero-order valence-corrected chi connectivity index (χ0v) is 10.4. The van der Waals surface area contributed by atoms with Crippen LogP contribution in [0.15, 0.2) is 18.2 Å². The lowest BCUT2D eigenvalue weighted by molar-refractivity contribution is 0.0933. The van der Waals surface area contributed by atoms with Crippen LogP contribution in [0, 0.1) is 0 Å². The van der Waals surface area contributed by atoms with Crippen molar-refractivity contribution < 1.29 is 9.53 Å². The largest absolute Gasteiger partial charge is 0.489 e. The predicted octanol–water partition coefficient (Wildman–Crippen LogP) is 2.16. The van der Waals surface area contributed by atoms with Gasteiger partial charge in [0.15, 0.2) is 5.75 Å². The van der Waals surface area contributed by atoms with E-state index in [0.29, 0.717) is 24.0 Å². The molecule has 2 aliphatic rings. The van der Waals surface area contributed by atoms with Gasteiger partial charge in [0.2, 0.25) is 0 Å². The number of ether oxygens (including phenoxy) is 1. The van der Waals surface area contributed by atoms with Crippen LogP contribution in [-0.2, 0) is 0 Å². The van der Waals surface area contributed by atoms with E-state index in [0.717, 1.165) is 25.1 Å². The van der Waals surface area contributed by atoms with Crippen molar-refractivity contribution in [3.63, 3.8) is 0 Å². The molecule has 4 nitrogen and oxygen atoms in total. The van der Waals surface area contributed by atoms with Gasteiger partial charge >= 0.3 is 0 Å². The minimum atomic E-state index is -0.0116. The Balaban J connectivity index is 1.80. The molecule has 1 aliphatic heterocycles. The van der Waals surface area contributed by atoms with E-state index >= 15 is 0 Å². The van der Waals surface area contributed by atoms with Gasteiger partial charge in [-0.25, -0.2) is 0 Å². The number of carbonyl (C=O) groups excluding carboxylic acids is 1. The number of benzene rings is 1. The Bertz CT molecular complexity index is 453. The molecule has 4 heteroatoms. The molecule has 1 heterocycles. The van der Waals surface area contributed by atoms with Gasteiger partial charge in [0.05, 0.1) is 11.3 Å². The Labute approximate surface area is 107 Å². The molecule has 1 saturated carbocycles. The first-order valence-electron chi connectivity index (χ1n) is 6.65. The van der Waals surface area contributed by atoms with E-state index in [1.165, 1.54) is 12.8 Å². The van der Waals surface area contributed by atoms with Crippen LogP contribution in [0.5, 0.6) is 5.75 Å². The van der Waals surface area contributed by atoms with Gasteiger partial charge in [-0.15, -0.1) is 0 Å². The highest BCUT2D eigenvalue weighted by Crippen LogP contribution is 2.31. The van der Waals surface area contributed by atoms with Crippen LogP contribution < -0.4 is 15.4 Å². The first-order chi connectivity index (χ1) is 8.84. The summed E-state index contributed by atoms with van der Waals surface area (Å²) < 4.78 is 5.62. The molecule has 96 valence electrons. The minimum Gasteiger partial charge on any atom is -0.489 e. The summed E-state index contributed by atoms with van der Waals surface area (Å²) in [5.41, 5.74) is 1.56. The summed E-state index contributed by atoms with van der Waals surface area (Å²) in [5, 5.41) is 6.35. The molecule has 0 aromatic heterocycles. The molecule has 1 fully saturated rings. The third kappa shape index (κ3) is 2.15. The molecule has 0 spiro atoms. The lowest BCUT2D eigenvalue weighted by atomic mass is 10.1. The van der Waals surface area contributed by atoms with E-state index in [2.05, 4.69) is 10.6 Å². The fourth-order valence-corrected chi connectivity index (χ4v) is 2.68. The fraction of sp³-hybridized carbons (Fsp3) is 0.500. The first kappa shape index (κ1) is 11.4. The number of carbonyl (C=O) groups is 1. The second-order valence-corrected chi connectivity index (χ2v) is 4.91. The summed E-state index contributed by atoms with van der Waals surface area (Å²) in [4.78, 5) is 12.3. The normalized spacial score (nSPS) is 18.7. The average Bonchev–Trinajstić information content (AvgIpc) is 2.91. The van der Waals surface area contributed by atoms with E-state index in [1.807, 2.05) is 18.2 Å². The van der Waals surface area contributed by atoms with Gasteiger partial charge in [-0.3, -0.25) is 4.79 Å². The molecular formula is C14H18N2O2. The van der Waals surface area contributed by atoms with Crippen LogP contribution in [0.2, 0.25) is 0 Å². The van der Waals surface area contributed by atoms with E-state index in [1.54, 1.807) is 0 Å². The summed E-state index contributed by atoms with van der Waals surface area (Å²) in [5.74, 6) is 0.682. The fourth-order valence-electron chi connectivity index (χ4n) is 2.68. The van der Waals surface area contributed by atoms with Gasteiger partial charge < -0.3 is 15.4 Å². The standard InChI is InChI=1S/C14H18N2O2/c17-14(16-10-4-1-2-5-10)11-6-3-7-12-13(11)18-9-8-15-12/h3,6-7,10,15H,1-2,4-5,8-9H2,(H,16,17). The van der Waals surface area contributed by atoms with Crippen molar-refractivity contribution in [1.29, 1.82) is 0 Å². The number of fused-ring (bicyclic) bond motifs is 1. The van der Waals surface area contributed by atoms with Crippen molar-refractivity contribution >= 4 is 11.6 Å². The number of hydrogen-bond donors (Lipinski definition) is 2. The molecule has 0 bridgehead atoms. The van der Waals surface area contributed by atoms with Crippen LogP contribution in [0.4, 0.5) is 5.69 Å². The Kier molecular flexibility index (Phi) is 3.09. The van der Waals surface area contributed by atoms with Crippen molar-refractivity contribution in [3.05, 3.63) is 23.8 Å². The Morgan fingerprint density at radius 3 is 3.00 bits per heavy atom. The number of rotatable bonds is 2. The summed E-state index contributed by atoms with van der Waals surface area (Å²) in [6.45, 7) is 1.40. The Morgan fingerprint density at radius 1 is 1.33 bits per heavy atom. The maximum Gasteiger partial charge on any atom is 0.255 e. The monoisotopic (exact) mass is 246 g/mol. The van der Waals surface area contributed by atoms with Crippen LogP contribution in [0.1, 0.15) is 36.0 Å². The smallest absolute Gasteiger partial charge is 0.255 e. The van der Waals surface area contributed by atoms with Gasteiger partial charge in [0.25, 0.3) is 5.91 Å². The number of amides is 1. The molecule has 0 radical (unpaired) electrons. The van der Waals surface area contributed by atoms with E-state index in [-0.39, 0.29) is 5.91 Å². The molecule has 3 rings (SSSR count). The van der Waals surface area contributed by atoms with Crippen LogP contribution in [0.3, 0.4) is 0 Å². The molecule has 1 aromatic carbocycles. The van der Waals surface area contributed by atoms with Crippen LogP contribution in [0.25, 0.3) is 0 Å². The zero-order valence-electron chi connectivity index (χ0n) is 10.4. The first-order valence-corrected chi connectivity index (χ1v) is 6.65. The van der Waals surface area contributed by atoms with Crippen molar-refractivity contribution in [1.82, 2.24) is 5.32 Å². The van der Waals surface area contributed by atoms with Crippen LogP contribution in [-0.4, -0.2) is 25.1 Å². The van der Waals surface area contributed by atoms with Gasteiger partial charge in [0.1, 0.15) is 6.61 Å². The maximum absolute atomic E-state index is 12.3. The second-order valence-electron chi connectivity index (χ2n) is 4.91. The maximum atomic E-state index is 12.3. The molecule has 0 atom stereocenters. The topological polar surface area (TPSA) is 50.4 Å². The van der Waals surface area contributed by atoms with Gasteiger partial charge in [-0.2, -0.15) is 0 Å². The zero-order chi connectivity index (χ0) is 12.4. The quantitative estimate of drug-likeness (QED) is 0.840. The summed E-state index contributed by atoms with van der Waals surface area (Å²) in [7, 11) is 0. The van der Waals surface area contributed by atoms with E-state index in [9.17, 15) is 4.79 Å². The summed E-state index contributed by atoms with van der Waals surface area (Å²) >= 11 is 0. The summed E-state index contributed by atoms with van der Waals surface area (Å²) in [6.07, 6.45) is 4.63. The van der Waals surface area contributed by atoms with E-state index < -0.39 is 0 Å². The number of hydrogen-bond acceptors (Lipinski definition) is 3. The van der Waals surface area contributed by atoms with Gasteiger partial charge in [0, 0.05) is 12.6 Å². The lowest BCUT2D eigenvalue weighted by Gasteiger charge is -2.22.